The highest BCUT2D eigenvalue weighted by Crippen LogP contribution is 2.30. The molecule has 0 spiro atoms. The number of halogens is 1. The lowest BCUT2D eigenvalue weighted by Gasteiger charge is -2.10. The Kier molecular flexibility index (Phi) is 4.11. The quantitative estimate of drug-likeness (QED) is 0.939. The Morgan fingerprint density at radius 2 is 2.00 bits per heavy atom. The molecule has 0 fully saturated rings. The first-order valence-corrected chi connectivity index (χ1v) is 7.34. The number of rotatable bonds is 4. The fourth-order valence-corrected chi connectivity index (χ4v) is 2.69. The summed E-state index contributed by atoms with van der Waals surface area (Å²) in [5.74, 6) is 0.456. The zero-order valence-electron chi connectivity index (χ0n) is 11.8. The summed E-state index contributed by atoms with van der Waals surface area (Å²) in [4.78, 5) is 23.6. The predicted octanol–water partition coefficient (Wildman–Crippen LogP) is 3.49. The van der Waals surface area contributed by atoms with Gasteiger partial charge in [0.1, 0.15) is 5.75 Å². The molecule has 3 rings (SSSR count). The topological polar surface area (TPSA) is 55.4 Å². The Morgan fingerprint density at radius 3 is 2.82 bits per heavy atom. The van der Waals surface area contributed by atoms with Gasteiger partial charge in [0.2, 0.25) is 0 Å². The maximum absolute atomic E-state index is 11.9. The van der Waals surface area contributed by atoms with Crippen LogP contribution in [-0.2, 0) is 11.2 Å². The van der Waals surface area contributed by atoms with Crippen molar-refractivity contribution in [1.29, 1.82) is 0 Å². The van der Waals surface area contributed by atoms with Gasteiger partial charge in [-0.05, 0) is 30.7 Å². The van der Waals surface area contributed by atoms with E-state index in [0.717, 1.165) is 5.56 Å². The molecule has 0 saturated heterocycles. The van der Waals surface area contributed by atoms with Gasteiger partial charge in [-0.1, -0.05) is 29.8 Å². The zero-order chi connectivity index (χ0) is 15.5. The maximum atomic E-state index is 11.9. The number of ether oxygens (including phenoxy) is 1. The van der Waals surface area contributed by atoms with Crippen molar-refractivity contribution in [3.05, 3.63) is 58.6 Å². The summed E-state index contributed by atoms with van der Waals surface area (Å²) in [6.45, 7) is -0.114. The number of amides is 1. The Morgan fingerprint density at radius 1 is 1.18 bits per heavy atom. The third kappa shape index (κ3) is 3.12. The van der Waals surface area contributed by atoms with E-state index >= 15 is 0 Å². The lowest BCUT2D eigenvalue weighted by Crippen LogP contribution is -2.20. The number of hydrogen-bond donors (Lipinski definition) is 1. The molecule has 1 amide bonds. The van der Waals surface area contributed by atoms with Crippen molar-refractivity contribution in [2.24, 2.45) is 0 Å². The first-order chi connectivity index (χ1) is 10.6. The molecule has 0 aromatic heterocycles. The first kappa shape index (κ1) is 14.6. The van der Waals surface area contributed by atoms with E-state index in [2.05, 4.69) is 5.32 Å². The molecule has 2 aromatic carbocycles. The molecular formula is C17H14ClNO3. The second-order valence-corrected chi connectivity index (χ2v) is 5.49. The molecule has 1 N–H and O–H groups in total. The smallest absolute Gasteiger partial charge is 0.262 e. The Balaban J connectivity index is 1.64. The summed E-state index contributed by atoms with van der Waals surface area (Å²) in [5, 5.41) is 3.27. The molecule has 0 saturated carbocycles. The normalized spacial score (nSPS) is 12.9. The number of carbonyl (C=O) groups is 2. The Hall–Kier alpha value is -2.33. The number of benzene rings is 2. The van der Waals surface area contributed by atoms with Crippen LogP contribution in [0.2, 0.25) is 5.02 Å². The average molecular weight is 316 g/mol. The molecule has 0 unspecified atom stereocenters. The number of Topliss-reactive ketones (excluding diaryl/α,β-unsaturated/α-hetero) is 1. The molecule has 0 radical (unpaired) electrons. The van der Waals surface area contributed by atoms with Crippen molar-refractivity contribution >= 4 is 29.0 Å². The molecule has 22 heavy (non-hydrogen) atoms. The fourth-order valence-electron chi connectivity index (χ4n) is 2.50. The van der Waals surface area contributed by atoms with E-state index in [4.69, 9.17) is 16.3 Å². The molecule has 4 nitrogen and oxygen atoms in total. The summed E-state index contributed by atoms with van der Waals surface area (Å²) in [6.07, 6.45) is 1.17. The monoisotopic (exact) mass is 315 g/mol. The minimum absolute atomic E-state index is 0.114. The molecule has 0 atom stereocenters. The van der Waals surface area contributed by atoms with Gasteiger partial charge in [-0.3, -0.25) is 9.59 Å². The van der Waals surface area contributed by atoms with Crippen molar-refractivity contribution in [2.45, 2.75) is 12.8 Å². The number of anilines is 1. The van der Waals surface area contributed by atoms with Gasteiger partial charge in [-0.25, -0.2) is 0 Å². The average Bonchev–Trinajstić information content (AvgIpc) is 2.87. The molecule has 1 aliphatic rings. The fraction of sp³-hybridized carbons (Fsp3) is 0.176. The Bertz CT molecular complexity index is 742. The molecule has 5 heteroatoms. The van der Waals surface area contributed by atoms with E-state index in [0.29, 0.717) is 34.9 Å². The van der Waals surface area contributed by atoms with Crippen LogP contribution in [0.25, 0.3) is 0 Å². The molecule has 0 bridgehead atoms. The predicted molar refractivity (Wildman–Crippen MR) is 84.7 cm³/mol. The number of hydrogen-bond acceptors (Lipinski definition) is 3. The van der Waals surface area contributed by atoms with Crippen LogP contribution in [0.3, 0.4) is 0 Å². The largest absolute Gasteiger partial charge is 0.483 e. The van der Waals surface area contributed by atoms with Gasteiger partial charge in [0.25, 0.3) is 5.91 Å². The van der Waals surface area contributed by atoms with Gasteiger partial charge < -0.3 is 10.1 Å². The number of nitrogens with one attached hydrogen (secondary N) is 1. The van der Waals surface area contributed by atoms with Crippen LogP contribution in [0.1, 0.15) is 22.3 Å². The third-order valence-electron chi connectivity index (χ3n) is 3.50. The van der Waals surface area contributed by atoms with E-state index in [1.165, 1.54) is 0 Å². The Labute approximate surface area is 133 Å². The summed E-state index contributed by atoms with van der Waals surface area (Å²) < 4.78 is 5.56. The van der Waals surface area contributed by atoms with Crippen LogP contribution in [0.5, 0.6) is 5.75 Å². The van der Waals surface area contributed by atoms with Crippen molar-refractivity contribution in [1.82, 2.24) is 0 Å². The van der Waals surface area contributed by atoms with Crippen LogP contribution in [-0.4, -0.2) is 18.3 Å². The van der Waals surface area contributed by atoms with Gasteiger partial charge in [-0.2, -0.15) is 0 Å². The second-order valence-electron chi connectivity index (χ2n) is 5.05. The van der Waals surface area contributed by atoms with Crippen LogP contribution in [0.4, 0.5) is 5.69 Å². The highest BCUT2D eigenvalue weighted by Gasteiger charge is 2.22. The highest BCUT2D eigenvalue weighted by atomic mass is 35.5. The molecule has 112 valence electrons. The standard InChI is InChI=1S/C17H14ClNO3/c18-11-3-1-4-12(9-11)19-17(21)10-22-16-6-2-5-13-14(16)7-8-15(13)20/h1-6,9H,7-8,10H2,(H,19,21). The van der Waals surface area contributed by atoms with E-state index < -0.39 is 0 Å². The molecule has 2 aromatic rings. The molecular weight excluding hydrogens is 302 g/mol. The summed E-state index contributed by atoms with van der Waals surface area (Å²) >= 11 is 5.86. The van der Waals surface area contributed by atoms with Crippen LogP contribution >= 0.6 is 11.6 Å². The third-order valence-corrected chi connectivity index (χ3v) is 3.74. The van der Waals surface area contributed by atoms with Gasteiger partial charge in [0, 0.05) is 28.3 Å². The minimum Gasteiger partial charge on any atom is -0.483 e. The van der Waals surface area contributed by atoms with Gasteiger partial charge >= 0.3 is 0 Å². The number of carbonyl (C=O) groups excluding carboxylic acids is 2. The SMILES string of the molecule is O=C(COc1cccc2c1CCC2=O)Nc1cccc(Cl)c1. The zero-order valence-corrected chi connectivity index (χ0v) is 12.5. The van der Waals surface area contributed by atoms with Crippen LogP contribution < -0.4 is 10.1 Å². The second kappa shape index (κ2) is 6.20. The van der Waals surface area contributed by atoms with E-state index in [1.807, 2.05) is 0 Å². The summed E-state index contributed by atoms with van der Waals surface area (Å²) in [5.41, 5.74) is 2.21. The molecule has 0 aliphatic heterocycles. The van der Waals surface area contributed by atoms with Gasteiger partial charge in [0.15, 0.2) is 12.4 Å². The summed E-state index contributed by atoms with van der Waals surface area (Å²) in [7, 11) is 0. The minimum atomic E-state index is -0.274. The van der Waals surface area contributed by atoms with E-state index in [1.54, 1.807) is 42.5 Å². The first-order valence-electron chi connectivity index (χ1n) is 6.97. The van der Waals surface area contributed by atoms with Crippen molar-refractivity contribution in [3.8, 4) is 5.75 Å². The van der Waals surface area contributed by atoms with Gasteiger partial charge in [0.05, 0.1) is 0 Å². The van der Waals surface area contributed by atoms with Crippen molar-refractivity contribution < 1.29 is 14.3 Å². The molecule has 0 heterocycles. The van der Waals surface area contributed by atoms with Crippen molar-refractivity contribution in [2.75, 3.05) is 11.9 Å². The number of fused-ring (bicyclic) bond motifs is 1. The van der Waals surface area contributed by atoms with Gasteiger partial charge in [-0.15, -0.1) is 0 Å². The molecule has 1 aliphatic carbocycles. The van der Waals surface area contributed by atoms with Crippen molar-refractivity contribution in [3.63, 3.8) is 0 Å². The number of ketones is 1. The highest BCUT2D eigenvalue weighted by molar-refractivity contribution is 6.30. The van der Waals surface area contributed by atoms with Crippen LogP contribution in [0, 0.1) is 0 Å². The summed E-state index contributed by atoms with van der Waals surface area (Å²) in [6, 6.07) is 12.3. The van der Waals surface area contributed by atoms with E-state index in [-0.39, 0.29) is 18.3 Å². The maximum Gasteiger partial charge on any atom is 0.262 e. The van der Waals surface area contributed by atoms with E-state index in [9.17, 15) is 9.59 Å². The lowest BCUT2D eigenvalue weighted by molar-refractivity contribution is -0.118. The van der Waals surface area contributed by atoms with Crippen LogP contribution in [0.15, 0.2) is 42.5 Å². The lowest BCUT2D eigenvalue weighted by atomic mass is 10.1.